The highest BCUT2D eigenvalue weighted by Crippen LogP contribution is 2.53. The number of hydrogen-bond acceptors (Lipinski definition) is 8. The van der Waals surface area contributed by atoms with Gasteiger partial charge in [0.15, 0.2) is 5.78 Å². The largest absolute Gasteiger partial charge is 0.511 e. The average Bonchev–Trinajstić information content (AvgIpc) is 2.85. The number of piperidine rings is 1. The predicted molar refractivity (Wildman–Crippen MR) is 140 cm³/mol. The number of likely N-dealkylation sites (N-methyl/N-ethyl adjacent to an activating group) is 1. The summed E-state index contributed by atoms with van der Waals surface area (Å²) in [7, 11) is 3.57. The summed E-state index contributed by atoms with van der Waals surface area (Å²) < 4.78 is 0. The Labute approximate surface area is 222 Å². The molecule has 0 spiro atoms. The maximum Gasteiger partial charge on any atom is 0.252 e. The zero-order chi connectivity index (χ0) is 27.5. The van der Waals surface area contributed by atoms with E-state index in [1.807, 2.05) is 6.07 Å². The number of allylic oxidation sites excluding steroid dienone is 2. The minimum atomic E-state index is -0.834. The van der Waals surface area contributed by atoms with Crippen molar-refractivity contribution < 1.29 is 24.9 Å². The molecule has 1 aliphatic heterocycles. The van der Waals surface area contributed by atoms with Gasteiger partial charge in [-0.1, -0.05) is 12.6 Å². The molecule has 0 aromatic heterocycles. The van der Waals surface area contributed by atoms with Crippen LogP contribution in [0.3, 0.4) is 0 Å². The molecule has 0 radical (unpaired) electrons. The number of aliphatic hydroxyl groups excluding tert-OH is 2. The summed E-state index contributed by atoms with van der Waals surface area (Å²) in [6, 6.07) is 5.15. The first-order chi connectivity index (χ1) is 18.0. The number of amides is 1. The third-order valence-electron chi connectivity index (χ3n) is 8.88. The molecule has 200 valence electrons. The van der Waals surface area contributed by atoms with Crippen LogP contribution in [0.1, 0.15) is 40.7 Å². The third kappa shape index (κ3) is 3.99. The lowest BCUT2D eigenvalue weighted by Crippen LogP contribution is -2.50. The molecule has 0 bridgehead atoms. The molecule has 38 heavy (non-hydrogen) atoms. The SMILES string of the molecule is C=C1C(C(N)=O)=C(O)[C@@H](N(C)C)C2CC3Cc4c(CN5CCC(C#N)CC5)ccc(O)c4C(=O)C3=C(O)C12. The van der Waals surface area contributed by atoms with Crippen LogP contribution in [-0.2, 0) is 17.8 Å². The van der Waals surface area contributed by atoms with Gasteiger partial charge < -0.3 is 21.1 Å². The van der Waals surface area contributed by atoms with Crippen molar-refractivity contribution >= 4 is 11.7 Å². The Morgan fingerprint density at radius 2 is 1.89 bits per heavy atom. The molecule has 5 rings (SSSR count). The van der Waals surface area contributed by atoms with Gasteiger partial charge in [0.25, 0.3) is 5.91 Å². The van der Waals surface area contributed by atoms with E-state index in [2.05, 4.69) is 17.5 Å². The fourth-order valence-electron chi connectivity index (χ4n) is 7.12. The number of phenolic OH excluding ortho intramolecular Hbond substituents is 1. The molecule has 9 heteroatoms. The first kappa shape index (κ1) is 26.0. The van der Waals surface area contributed by atoms with E-state index in [0.717, 1.165) is 37.1 Å². The zero-order valence-electron chi connectivity index (χ0n) is 21.8. The molecule has 3 aliphatic carbocycles. The minimum Gasteiger partial charge on any atom is -0.511 e. The molecule has 3 unspecified atom stereocenters. The zero-order valence-corrected chi connectivity index (χ0v) is 21.8. The summed E-state index contributed by atoms with van der Waals surface area (Å²) in [5.41, 5.74) is 7.87. The van der Waals surface area contributed by atoms with Gasteiger partial charge in [0.05, 0.1) is 23.2 Å². The molecular weight excluding hydrogens is 484 g/mol. The minimum absolute atomic E-state index is 0.0721. The normalized spacial score (nSPS) is 28.2. The molecule has 1 fully saturated rings. The van der Waals surface area contributed by atoms with Crippen LogP contribution in [0, 0.1) is 35.0 Å². The topological polar surface area (TPSA) is 151 Å². The van der Waals surface area contributed by atoms with Crippen molar-refractivity contribution in [2.75, 3.05) is 27.2 Å². The third-order valence-corrected chi connectivity index (χ3v) is 8.88. The summed E-state index contributed by atoms with van der Waals surface area (Å²) in [6.07, 6.45) is 2.56. The van der Waals surface area contributed by atoms with Crippen LogP contribution in [0.2, 0.25) is 0 Å². The monoisotopic (exact) mass is 518 g/mol. The lowest BCUT2D eigenvalue weighted by Gasteiger charge is -2.47. The Bertz CT molecular complexity index is 1330. The van der Waals surface area contributed by atoms with Crippen LogP contribution < -0.4 is 5.73 Å². The Morgan fingerprint density at radius 3 is 2.50 bits per heavy atom. The average molecular weight is 519 g/mol. The number of Topliss-reactive ketones (excluding diaryl/α,β-unsaturated/α-hetero) is 1. The Balaban J connectivity index is 1.55. The summed E-state index contributed by atoms with van der Waals surface area (Å²) in [5.74, 6) is -3.01. The molecule has 1 aromatic carbocycles. The van der Waals surface area contributed by atoms with Crippen LogP contribution in [0.4, 0.5) is 0 Å². The second kappa shape index (κ2) is 9.61. The van der Waals surface area contributed by atoms with Crippen LogP contribution in [-0.4, -0.2) is 70.0 Å². The molecule has 9 nitrogen and oxygen atoms in total. The van der Waals surface area contributed by atoms with Gasteiger partial charge in [-0.05, 0) is 87.5 Å². The van der Waals surface area contributed by atoms with Gasteiger partial charge in [-0.25, -0.2) is 0 Å². The van der Waals surface area contributed by atoms with Gasteiger partial charge >= 0.3 is 0 Å². The molecule has 5 N–H and O–H groups in total. The second-order valence-electron chi connectivity index (χ2n) is 11.2. The van der Waals surface area contributed by atoms with E-state index in [1.165, 1.54) is 6.07 Å². The number of primary amides is 1. The molecule has 1 amide bonds. The molecule has 4 aliphatic rings. The van der Waals surface area contributed by atoms with Crippen LogP contribution in [0.5, 0.6) is 5.75 Å². The Hall–Kier alpha value is -3.61. The predicted octanol–water partition coefficient (Wildman–Crippen LogP) is 2.73. The maximum atomic E-state index is 13.9. The highest BCUT2D eigenvalue weighted by atomic mass is 16.3. The van der Waals surface area contributed by atoms with Crippen LogP contribution in [0.15, 0.2) is 46.9 Å². The van der Waals surface area contributed by atoms with E-state index < -0.39 is 23.7 Å². The molecule has 0 saturated carbocycles. The number of benzene rings is 1. The number of aromatic hydroxyl groups is 1. The van der Waals surface area contributed by atoms with Crippen molar-refractivity contribution in [2.24, 2.45) is 29.4 Å². The number of aliphatic hydroxyl groups is 2. The standard InChI is InChI=1S/C29H34N4O5/c1-14-21-19(25(32(2)3)28(37)22(14)29(31)38)11-17-10-18-16(13-33-8-6-15(12-30)7-9-33)4-5-20(34)24(18)27(36)23(17)26(21)35/h4-5,15,17,19,21,25,34-35,37H,1,6-11,13H2,2-3H3,(H2,31,38)/t17?,19?,21?,25-/m0/s1. The lowest BCUT2D eigenvalue weighted by molar-refractivity contribution is -0.114. The van der Waals surface area contributed by atoms with E-state index in [1.54, 1.807) is 19.0 Å². The van der Waals surface area contributed by atoms with Crippen molar-refractivity contribution in [3.05, 3.63) is 63.6 Å². The van der Waals surface area contributed by atoms with E-state index in [9.17, 15) is 30.2 Å². The van der Waals surface area contributed by atoms with Gasteiger partial charge in [-0.15, -0.1) is 0 Å². The summed E-state index contributed by atoms with van der Waals surface area (Å²) in [5, 5.41) is 42.5. The van der Waals surface area contributed by atoms with Crippen LogP contribution in [0.25, 0.3) is 0 Å². The number of carbonyl (C=O) groups excluding carboxylic acids is 2. The van der Waals surface area contributed by atoms with Gasteiger partial charge in [0.2, 0.25) is 0 Å². The second-order valence-corrected chi connectivity index (χ2v) is 11.2. The van der Waals surface area contributed by atoms with E-state index >= 15 is 0 Å². The number of carbonyl (C=O) groups is 2. The van der Waals surface area contributed by atoms with E-state index in [4.69, 9.17) is 5.73 Å². The molecule has 1 aromatic rings. The van der Waals surface area contributed by atoms with Gasteiger partial charge in [0.1, 0.15) is 17.3 Å². The van der Waals surface area contributed by atoms with Gasteiger partial charge in [0, 0.05) is 24.0 Å². The molecule has 4 atom stereocenters. The highest BCUT2D eigenvalue weighted by molar-refractivity contribution is 6.13. The lowest BCUT2D eigenvalue weighted by atomic mass is 9.60. The summed E-state index contributed by atoms with van der Waals surface area (Å²) in [4.78, 5) is 30.2. The number of fused-ring (bicyclic) bond motifs is 3. The van der Waals surface area contributed by atoms with Gasteiger partial charge in [-0.2, -0.15) is 5.26 Å². The highest BCUT2D eigenvalue weighted by Gasteiger charge is 2.52. The molecule has 1 heterocycles. The Kier molecular flexibility index (Phi) is 6.58. The smallest absolute Gasteiger partial charge is 0.252 e. The number of likely N-dealkylation sites (tertiary alicyclic amines) is 1. The first-order valence-electron chi connectivity index (χ1n) is 13.1. The van der Waals surface area contributed by atoms with Gasteiger partial charge in [-0.3, -0.25) is 19.4 Å². The number of nitrogens with zero attached hydrogens (tertiary/aromatic N) is 3. The maximum absolute atomic E-state index is 13.9. The van der Waals surface area contributed by atoms with Crippen molar-refractivity contribution in [2.45, 2.75) is 38.3 Å². The van der Waals surface area contributed by atoms with Crippen molar-refractivity contribution in [3.8, 4) is 11.8 Å². The number of phenols is 1. The fraction of sp³-hybridized carbons (Fsp3) is 0.483. The Morgan fingerprint density at radius 1 is 1.21 bits per heavy atom. The molecular formula is C29H34N4O5. The number of hydrogen-bond donors (Lipinski definition) is 4. The first-order valence-corrected chi connectivity index (χ1v) is 13.1. The number of nitriles is 1. The number of rotatable bonds is 4. The van der Waals surface area contributed by atoms with Crippen molar-refractivity contribution in [1.29, 1.82) is 5.26 Å². The van der Waals surface area contributed by atoms with E-state index in [0.29, 0.717) is 19.4 Å². The molecule has 1 saturated heterocycles. The summed E-state index contributed by atoms with van der Waals surface area (Å²) in [6.45, 7) is 6.19. The fourth-order valence-corrected chi connectivity index (χ4v) is 7.12. The van der Waals surface area contributed by atoms with E-state index in [-0.39, 0.29) is 57.3 Å². The van der Waals surface area contributed by atoms with Crippen LogP contribution >= 0.6 is 0 Å². The quantitative estimate of drug-likeness (QED) is 0.475. The van der Waals surface area contributed by atoms with Crippen molar-refractivity contribution in [1.82, 2.24) is 9.80 Å². The van der Waals surface area contributed by atoms with Crippen molar-refractivity contribution in [3.63, 3.8) is 0 Å². The number of nitrogens with two attached hydrogens (primary N) is 1. The number of ketones is 1. The summed E-state index contributed by atoms with van der Waals surface area (Å²) >= 11 is 0.